The molecule has 0 spiro atoms. The van der Waals surface area contributed by atoms with Gasteiger partial charge in [-0.3, -0.25) is 14.2 Å². The second-order valence-corrected chi connectivity index (χ2v) is 17.3. The minimum Gasteiger partial charge on any atom is -0.756 e. The SMILES string of the molecule is CC/C=C\C/C=C\C/C=C\C/C=C\C/C=C\C=C/C(O)CCC(=O)OC[C@H](COP(=O)([O-])OCC[N+](C)(C)C)OC(=O)CCCCCCC/C=C\CCCCCCCC. The van der Waals surface area contributed by atoms with E-state index in [1.54, 1.807) is 12.2 Å². The number of nitrogens with zero attached hydrogens (tertiary/aromatic N) is 1. The van der Waals surface area contributed by atoms with Crippen LogP contribution in [-0.4, -0.2) is 81.2 Å². The van der Waals surface area contributed by atoms with Gasteiger partial charge in [0.1, 0.15) is 19.8 Å². The first-order valence-corrected chi connectivity index (χ1v) is 23.9. The van der Waals surface area contributed by atoms with Crippen molar-refractivity contribution >= 4 is 19.8 Å². The third-order valence-electron chi connectivity index (χ3n) is 9.02. The summed E-state index contributed by atoms with van der Waals surface area (Å²) in [6, 6.07) is 0. The number of rotatable bonds is 39. The van der Waals surface area contributed by atoms with Crippen molar-refractivity contribution in [2.24, 2.45) is 0 Å². The molecule has 0 aliphatic heterocycles. The van der Waals surface area contributed by atoms with Gasteiger partial charge >= 0.3 is 11.9 Å². The summed E-state index contributed by atoms with van der Waals surface area (Å²) in [6.07, 6.45) is 46.6. The minimum atomic E-state index is -4.69. The maximum atomic E-state index is 12.7. The van der Waals surface area contributed by atoms with Crippen molar-refractivity contribution in [3.05, 3.63) is 85.1 Å². The second-order valence-electron chi connectivity index (χ2n) is 15.9. The van der Waals surface area contributed by atoms with Gasteiger partial charge in [-0.05, 0) is 70.6 Å². The van der Waals surface area contributed by atoms with E-state index in [-0.39, 0.29) is 32.5 Å². The summed E-state index contributed by atoms with van der Waals surface area (Å²) >= 11 is 0. The highest BCUT2D eigenvalue weighted by Crippen LogP contribution is 2.38. The van der Waals surface area contributed by atoms with Crippen LogP contribution in [0.5, 0.6) is 0 Å². The zero-order valence-electron chi connectivity index (χ0n) is 37.5. The molecule has 11 heteroatoms. The Labute approximate surface area is 359 Å². The van der Waals surface area contributed by atoms with Crippen LogP contribution in [-0.2, 0) is 32.7 Å². The average Bonchev–Trinajstić information content (AvgIpc) is 3.18. The van der Waals surface area contributed by atoms with Crippen LogP contribution >= 0.6 is 7.82 Å². The number of aliphatic hydroxyl groups is 1. The Kier molecular flexibility index (Phi) is 37.4. The molecule has 0 amide bonds. The molecule has 0 aromatic heterocycles. The molecule has 3 atom stereocenters. The number of quaternary nitrogens is 1. The van der Waals surface area contributed by atoms with E-state index in [2.05, 4.69) is 74.6 Å². The van der Waals surface area contributed by atoms with Gasteiger partial charge in [-0.1, -0.05) is 150 Å². The number of carbonyl (C=O) groups is 2. The fraction of sp³-hybridized carbons (Fsp3) is 0.667. The van der Waals surface area contributed by atoms with E-state index >= 15 is 0 Å². The molecule has 0 saturated carbocycles. The maximum absolute atomic E-state index is 12.7. The van der Waals surface area contributed by atoms with Crippen LogP contribution in [0.2, 0.25) is 0 Å². The number of hydrogen-bond donors (Lipinski definition) is 1. The zero-order valence-corrected chi connectivity index (χ0v) is 38.4. The molecule has 0 saturated heterocycles. The van der Waals surface area contributed by atoms with Crippen LogP contribution < -0.4 is 4.89 Å². The summed E-state index contributed by atoms with van der Waals surface area (Å²) < 4.78 is 33.7. The highest BCUT2D eigenvalue weighted by atomic mass is 31.2. The second kappa shape index (κ2) is 39.3. The molecular weight excluding hydrogens is 765 g/mol. The highest BCUT2D eigenvalue weighted by molar-refractivity contribution is 7.45. The monoisotopic (exact) mass is 848 g/mol. The van der Waals surface area contributed by atoms with Gasteiger partial charge < -0.3 is 33.0 Å². The van der Waals surface area contributed by atoms with Gasteiger partial charge in [-0.25, -0.2) is 0 Å². The Hall–Kier alpha value is -2.85. The Morgan fingerprint density at radius 2 is 1.19 bits per heavy atom. The van der Waals surface area contributed by atoms with Crippen LogP contribution in [0.25, 0.3) is 0 Å². The van der Waals surface area contributed by atoms with E-state index in [1.807, 2.05) is 33.3 Å². The quantitative estimate of drug-likeness (QED) is 0.0160. The van der Waals surface area contributed by atoms with Gasteiger partial charge in [-0.2, -0.15) is 0 Å². The number of unbranched alkanes of at least 4 members (excludes halogenated alkanes) is 11. The summed E-state index contributed by atoms with van der Waals surface area (Å²) in [4.78, 5) is 37.6. The van der Waals surface area contributed by atoms with Crippen molar-refractivity contribution in [1.29, 1.82) is 0 Å². The van der Waals surface area contributed by atoms with Gasteiger partial charge in [0.15, 0.2) is 6.10 Å². The molecule has 0 fully saturated rings. The summed E-state index contributed by atoms with van der Waals surface area (Å²) in [6.45, 7) is 3.80. The molecule has 0 radical (unpaired) electrons. The van der Waals surface area contributed by atoms with Gasteiger partial charge in [0, 0.05) is 12.8 Å². The van der Waals surface area contributed by atoms with Gasteiger partial charge in [0.2, 0.25) is 0 Å². The lowest BCUT2D eigenvalue weighted by molar-refractivity contribution is -0.870. The predicted molar refractivity (Wildman–Crippen MR) is 242 cm³/mol. The molecule has 0 rings (SSSR count). The first-order chi connectivity index (χ1) is 28.4. The molecule has 0 aromatic carbocycles. The fourth-order valence-electron chi connectivity index (χ4n) is 5.46. The number of phosphoric acid groups is 1. The number of esters is 2. The molecule has 0 aliphatic carbocycles. The molecule has 0 heterocycles. The summed E-state index contributed by atoms with van der Waals surface area (Å²) in [7, 11) is 1.02. The minimum absolute atomic E-state index is 0.0724. The molecular formula is C48H82NO9P. The largest absolute Gasteiger partial charge is 0.756 e. The zero-order chi connectivity index (χ0) is 43.7. The van der Waals surface area contributed by atoms with Crippen LogP contribution in [0.1, 0.15) is 149 Å². The third-order valence-corrected chi connectivity index (χ3v) is 9.98. The highest BCUT2D eigenvalue weighted by Gasteiger charge is 2.22. The lowest BCUT2D eigenvalue weighted by atomic mass is 10.1. The standard InChI is InChI=1S/C48H82NO9P/c1-6-8-10-12-14-16-18-20-22-24-25-27-29-31-33-35-37-45(50)39-40-47(51)55-43-46(44-57-59(53,54)56-42-41-49(3,4)5)58-48(52)38-36-34-32-30-28-26-23-21-19-17-15-13-11-9-7-2/h8,10,14,16,20-23,25,27,31,33,35,37,45-46,50H,6-7,9,11-13,15,17-19,24,26,28-30,32,34,36,38-44H2,1-5H3/b10-8-,16-14-,22-20-,23-21-,27-25-,33-31-,37-35-/t45?,46-/m1/s1. The molecule has 338 valence electrons. The van der Waals surface area contributed by atoms with E-state index in [9.17, 15) is 24.2 Å². The van der Waals surface area contributed by atoms with Crippen molar-refractivity contribution in [3.8, 4) is 0 Å². The van der Waals surface area contributed by atoms with E-state index in [1.165, 1.54) is 38.5 Å². The molecule has 2 unspecified atom stereocenters. The molecule has 0 bridgehead atoms. The first-order valence-electron chi connectivity index (χ1n) is 22.4. The normalized spacial score (nSPS) is 14.9. The summed E-state index contributed by atoms with van der Waals surface area (Å²) in [5.41, 5.74) is 0. The fourth-order valence-corrected chi connectivity index (χ4v) is 6.19. The van der Waals surface area contributed by atoms with E-state index in [0.29, 0.717) is 17.4 Å². The Balaban J connectivity index is 4.61. The number of allylic oxidation sites excluding steroid dienone is 13. The Morgan fingerprint density at radius 1 is 0.644 bits per heavy atom. The van der Waals surface area contributed by atoms with E-state index in [4.69, 9.17) is 18.5 Å². The summed E-state index contributed by atoms with van der Waals surface area (Å²) in [5.74, 6) is -1.13. The van der Waals surface area contributed by atoms with E-state index in [0.717, 1.165) is 70.6 Å². The van der Waals surface area contributed by atoms with Crippen molar-refractivity contribution in [1.82, 2.24) is 0 Å². The first kappa shape index (κ1) is 56.1. The van der Waals surface area contributed by atoms with Gasteiger partial charge in [0.05, 0.1) is 33.9 Å². The molecule has 1 N–H and O–H groups in total. The number of likely N-dealkylation sites (N-methyl/N-ethyl adjacent to an activating group) is 1. The topological polar surface area (TPSA) is 131 Å². The van der Waals surface area contributed by atoms with Crippen molar-refractivity contribution in [2.45, 2.75) is 161 Å². The van der Waals surface area contributed by atoms with Crippen LogP contribution in [0.15, 0.2) is 85.1 Å². The van der Waals surface area contributed by atoms with E-state index < -0.39 is 38.6 Å². The number of hydrogen-bond acceptors (Lipinski definition) is 9. The predicted octanol–water partition coefficient (Wildman–Crippen LogP) is 11.1. The average molecular weight is 848 g/mol. The van der Waals surface area contributed by atoms with Crippen molar-refractivity contribution in [3.63, 3.8) is 0 Å². The number of phosphoric ester groups is 1. The maximum Gasteiger partial charge on any atom is 0.306 e. The van der Waals surface area contributed by atoms with Crippen molar-refractivity contribution < 1.29 is 47.2 Å². The Morgan fingerprint density at radius 3 is 1.76 bits per heavy atom. The smallest absolute Gasteiger partial charge is 0.306 e. The van der Waals surface area contributed by atoms with Gasteiger partial charge in [-0.15, -0.1) is 0 Å². The molecule has 10 nitrogen and oxygen atoms in total. The number of ether oxygens (including phenoxy) is 2. The molecule has 0 aliphatic rings. The summed E-state index contributed by atoms with van der Waals surface area (Å²) in [5, 5.41) is 10.3. The van der Waals surface area contributed by atoms with Crippen LogP contribution in [0.3, 0.4) is 0 Å². The number of aliphatic hydroxyl groups excluding tert-OH is 1. The molecule has 0 aromatic rings. The van der Waals surface area contributed by atoms with Crippen LogP contribution in [0, 0.1) is 0 Å². The lowest BCUT2D eigenvalue weighted by Crippen LogP contribution is -2.37. The van der Waals surface area contributed by atoms with Crippen LogP contribution in [0.4, 0.5) is 0 Å². The lowest BCUT2D eigenvalue weighted by Gasteiger charge is -2.28. The molecule has 59 heavy (non-hydrogen) atoms. The van der Waals surface area contributed by atoms with Gasteiger partial charge in [0.25, 0.3) is 7.82 Å². The Bertz CT molecular complexity index is 1300. The third kappa shape index (κ3) is 43.1. The number of carbonyl (C=O) groups excluding carboxylic acids is 2. The van der Waals surface area contributed by atoms with Crippen molar-refractivity contribution in [2.75, 3.05) is 47.5 Å².